The highest BCUT2D eigenvalue weighted by Crippen LogP contribution is 2.22. The van der Waals surface area contributed by atoms with Gasteiger partial charge in [0.05, 0.1) is 5.54 Å². The van der Waals surface area contributed by atoms with Gasteiger partial charge in [-0.3, -0.25) is 0 Å². The lowest BCUT2D eigenvalue weighted by atomic mass is 10.1. The lowest BCUT2D eigenvalue weighted by Gasteiger charge is -2.04. The van der Waals surface area contributed by atoms with Gasteiger partial charge in [0.1, 0.15) is 0 Å². The summed E-state index contributed by atoms with van der Waals surface area (Å²) in [6, 6.07) is 0. The van der Waals surface area contributed by atoms with Crippen molar-refractivity contribution in [2.45, 2.75) is 19.4 Å². The molecular weight excluding hydrogens is 132 g/mol. The summed E-state index contributed by atoms with van der Waals surface area (Å²) in [5.41, 5.74) is -0.404. The van der Waals surface area contributed by atoms with Crippen LogP contribution in [0.5, 0.6) is 0 Å². The molecule has 54 valence electrons. The molecule has 1 heterocycles. The minimum absolute atomic E-state index is 0.0324. The topological polar surface area (TPSA) is 62.0 Å². The standard InChI is InChI=1S/C6H8N2O2/c1-6(2)3-4(5(9)10)7-8-6/h3H,1-2H3,(H,9,10). The minimum atomic E-state index is -1.02. The van der Waals surface area contributed by atoms with E-state index in [0.717, 1.165) is 0 Å². The third-order valence-corrected chi connectivity index (χ3v) is 1.12. The summed E-state index contributed by atoms with van der Waals surface area (Å²) < 4.78 is 0. The van der Waals surface area contributed by atoms with Crippen molar-refractivity contribution in [2.75, 3.05) is 0 Å². The molecule has 0 spiro atoms. The van der Waals surface area contributed by atoms with E-state index < -0.39 is 11.5 Å². The Kier molecular flexibility index (Phi) is 1.31. The van der Waals surface area contributed by atoms with E-state index in [1.807, 2.05) is 0 Å². The summed E-state index contributed by atoms with van der Waals surface area (Å²) in [4.78, 5) is 10.3. The minimum Gasteiger partial charge on any atom is -0.476 e. The first-order chi connectivity index (χ1) is 4.51. The first-order valence-electron chi connectivity index (χ1n) is 2.90. The second-order valence-corrected chi connectivity index (χ2v) is 2.69. The summed E-state index contributed by atoms with van der Waals surface area (Å²) in [6.07, 6.45) is 1.52. The first kappa shape index (κ1) is 6.92. The Balaban J connectivity index is 2.88. The first-order valence-corrected chi connectivity index (χ1v) is 2.90. The Labute approximate surface area is 58.3 Å². The van der Waals surface area contributed by atoms with Crippen molar-refractivity contribution in [3.05, 3.63) is 11.8 Å². The molecule has 1 N–H and O–H groups in total. The van der Waals surface area contributed by atoms with Crippen LogP contribution in [0, 0.1) is 0 Å². The van der Waals surface area contributed by atoms with Crippen LogP contribution in [0.15, 0.2) is 22.0 Å². The molecule has 0 aromatic heterocycles. The smallest absolute Gasteiger partial charge is 0.356 e. The Bertz CT molecular complexity index is 228. The van der Waals surface area contributed by atoms with E-state index in [9.17, 15) is 4.79 Å². The van der Waals surface area contributed by atoms with Gasteiger partial charge >= 0.3 is 5.97 Å². The Morgan fingerprint density at radius 1 is 1.70 bits per heavy atom. The average molecular weight is 140 g/mol. The zero-order valence-electron chi connectivity index (χ0n) is 5.83. The molecule has 4 heteroatoms. The molecule has 0 aliphatic carbocycles. The highest BCUT2D eigenvalue weighted by Gasteiger charge is 2.23. The SMILES string of the molecule is CC1(C)C=C(C(=O)O)N=N1. The molecule has 0 aromatic carbocycles. The predicted molar refractivity (Wildman–Crippen MR) is 34.7 cm³/mol. The van der Waals surface area contributed by atoms with E-state index in [1.54, 1.807) is 13.8 Å². The summed E-state index contributed by atoms with van der Waals surface area (Å²) in [5.74, 6) is -1.02. The monoisotopic (exact) mass is 140 g/mol. The van der Waals surface area contributed by atoms with Gasteiger partial charge in [0, 0.05) is 0 Å². The highest BCUT2D eigenvalue weighted by atomic mass is 16.4. The largest absolute Gasteiger partial charge is 0.476 e. The van der Waals surface area contributed by atoms with Gasteiger partial charge in [-0.25, -0.2) is 4.79 Å². The van der Waals surface area contributed by atoms with Crippen LogP contribution >= 0.6 is 0 Å². The van der Waals surface area contributed by atoms with Crippen molar-refractivity contribution in [1.82, 2.24) is 0 Å². The van der Waals surface area contributed by atoms with E-state index in [0.29, 0.717) is 0 Å². The molecule has 0 atom stereocenters. The molecule has 1 aliphatic heterocycles. The molecule has 1 rings (SSSR count). The van der Waals surface area contributed by atoms with Crippen LogP contribution in [-0.2, 0) is 4.79 Å². The average Bonchev–Trinajstić information content (AvgIpc) is 2.10. The summed E-state index contributed by atoms with van der Waals surface area (Å²) >= 11 is 0. The second kappa shape index (κ2) is 1.90. The van der Waals surface area contributed by atoms with Crippen molar-refractivity contribution in [3.63, 3.8) is 0 Å². The van der Waals surface area contributed by atoms with Gasteiger partial charge in [-0.2, -0.15) is 5.11 Å². The zero-order valence-corrected chi connectivity index (χ0v) is 5.83. The Morgan fingerprint density at radius 2 is 2.30 bits per heavy atom. The Hall–Kier alpha value is -1.19. The van der Waals surface area contributed by atoms with Gasteiger partial charge < -0.3 is 5.11 Å². The van der Waals surface area contributed by atoms with Gasteiger partial charge in [-0.15, -0.1) is 5.11 Å². The van der Waals surface area contributed by atoms with Crippen LogP contribution < -0.4 is 0 Å². The zero-order chi connectivity index (χ0) is 7.78. The van der Waals surface area contributed by atoms with Gasteiger partial charge in [0.2, 0.25) is 0 Å². The summed E-state index contributed by atoms with van der Waals surface area (Å²) in [6.45, 7) is 3.60. The number of carbonyl (C=O) groups is 1. The fourth-order valence-corrected chi connectivity index (χ4v) is 0.680. The van der Waals surface area contributed by atoms with Crippen LogP contribution in [0.1, 0.15) is 13.8 Å². The molecule has 0 saturated carbocycles. The number of rotatable bonds is 1. The lowest BCUT2D eigenvalue weighted by Crippen LogP contribution is -2.09. The molecule has 4 nitrogen and oxygen atoms in total. The number of aliphatic carboxylic acids is 1. The molecule has 0 saturated heterocycles. The van der Waals surface area contributed by atoms with E-state index >= 15 is 0 Å². The van der Waals surface area contributed by atoms with E-state index in [1.165, 1.54) is 6.08 Å². The third kappa shape index (κ3) is 1.21. The van der Waals surface area contributed by atoms with Crippen LogP contribution in [0.2, 0.25) is 0 Å². The van der Waals surface area contributed by atoms with Gasteiger partial charge in [0.15, 0.2) is 5.70 Å². The van der Waals surface area contributed by atoms with Gasteiger partial charge in [-0.05, 0) is 19.9 Å². The quantitative estimate of drug-likeness (QED) is 0.594. The molecule has 0 bridgehead atoms. The third-order valence-electron chi connectivity index (χ3n) is 1.12. The molecule has 0 aromatic rings. The second-order valence-electron chi connectivity index (χ2n) is 2.69. The number of hydrogen-bond donors (Lipinski definition) is 1. The molecule has 0 radical (unpaired) electrons. The number of azo groups is 1. The maximum absolute atomic E-state index is 10.3. The Morgan fingerprint density at radius 3 is 2.50 bits per heavy atom. The molecule has 0 fully saturated rings. The van der Waals surface area contributed by atoms with Crippen molar-refractivity contribution >= 4 is 5.97 Å². The van der Waals surface area contributed by atoms with E-state index in [4.69, 9.17) is 5.11 Å². The maximum Gasteiger partial charge on any atom is 0.356 e. The van der Waals surface area contributed by atoms with Gasteiger partial charge in [-0.1, -0.05) is 0 Å². The predicted octanol–water partition coefficient (Wildman–Crippen LogP) is 1.20. The maximum atomic E-state index is 10.3. The molecule has 0 unspecified atom stereocenters. The van der Waals surface area contributed by atoms with Crippen LogP contribution in [0.4, 0.5) is 0 Å². The van der Waals surface area contributed by atoms with Gasteiger partial charge in [0.25, 0.3) is 0 Å². The molecule has 10 heavy (non-hydrogen) atoms. The normalized spacial score (nSPS) is 20.8. The number of nitrogens with zero attached hydrogens (tertiary/aromatic N) is 2. The lowest BCUT2D eigenvalue weighted by molar-refractivity contribution is -0.132. The summed E-state index contributed by atoms with van der Waals surface area (Å²) in [7, 11) is 0. The van der Waals surface area contributed by atoms with Crippen molar-refractivity contribution in [2.24, 2.45) is 10.2 Å². The van der Waals surface area contributed by atoms with Crippen LogP contribution in [0.25, 0.3) is 0 Å². The number of carboxylic acid groups (broad SMARTS) is 1. The molecular formula is C6H8N2O2. The number of carboxylic acids is 1. The van der Waals surface area contributed by atoms with Crippen molar-refractivity contribution in [1.29, 1.82) is 0 Å². The van der Waals surface area contributed by atoms with E-state index in [-0.39, 0.29) is 5.70 Å². The molecule has 0 amide bonds. The van der Waals surface area contributed by atoms with Crippen LogP contribution in [-0.4, -0.2) is 16.6 Å². The summed E-state index contributed by atoms with van der Waals surface area (Å²) in [5, 5.41) is 15.6. The van der Waals surface area contributed by atoms with Crippen LogP contribution in [0.3, 0.4) is 0 Å². The van der Waals surface area contributed by atoms with Crippen molar-refractivity contribution in [3.8, 4) is 0 Å². The highest BCUT2D eigenvalue weighted by molar-refractivity contribution is 5.86. The van der Waals surface area contributed by atoms with E-state index in [2.05, 4.69) is 10.2 Å². The fraction of sp³-hybridized carbons (Fsp3) is 0.500. The fourth-order valence-electron chi connectivity index (χ4n) is 0.680. The molecule has 1 aliphatic rings. The van der Waals surface area contributed by atoms with Crippen molar-refractivity contribution < 1.29 is 9.90 Å². The number of hydrogen-bond acceptors (Lipinski definition) is 3.